The summed E-state index contributed by atoms with van der Waals surface area (Å²) in [4.78, 5) is 17.8. The van der Waals surface area contributed by atoms with Crippen LogP contribution >= 0.6 is 0 Å². The molecule has 0 saturated carbocycles. The average molecular weight is 413 g/mol. The molecular formula is C26H28N4O. The number of aromatic nitrogens is 3. The minimum absolute atomic E-state index is 0.0616. The van der Waals surface area contributed by atoms with Crippen molar-refractivity contribution in [1.82, 2.24) is 20.1 Å². The van der Waals surface area contributed by atoms with Crippen molar-refractivity contribution in [2.24, 2.45) is 0 Å². The largest absolute Gasteiger partial charge is 0.352 e. The van der Waals surface area contributed by atoms with Gasteiger partial charge < -0.3 is 5.32 Å². The molecule has 31 heavy (non-hydrogen) atoms. The van der Waals surface area contributed by atoms with E-state index in [-0.39, 0.29) is 5.91 Å². The Labute approximate surface area is 183 Å². The number of carbonyl (C=O) groups excluding carboxylic acids is 1. The molecular weight excluding hydrogens is 384 g/mol. The second-order valence-corrected chi connectivity index (χ2v) is 7.76. The SMILES string of the molecule is CCCCNC(=O)c1cc(-c2cnn(-c3ccc(CC)cc3)c2C)nc2ccccc12. The highest BCUT2D eigenvalue weighted by Crippen LogP contribution is 2.28. The Morgan fingerprint density at radius 3 is 2.58 bits per heavy atom. The predicted octanol–water partition coefficient (Wildman–Crippen LogP) is 5.49. The minimum Gasteiger partial charge on any atom is -0.352 e. The van der Waals surface area contributed by atoms with Crippen LogP contribution in [0.25, 0.3) is 27.8 Å². The molecule has 5 nitrogen and oxygen atoms in total. The number of rotatable bonds is 7. The molecule has 4 rings (SSSR count). The first-order valence-corrected chi connectivity index (χ1v) is 10.9. The molecule has 1 N–H and O–H groups in total. The molecule has 4 aromatic rings. The van der Waals surface area contributed by atoms with E-state index in [4.69, 9.17) is 4.98 Å². The molecule has 0 spiro atoms. The standard InChI is InChI=1S/C26H28N4O/c1-4-6-15-27-26(31)22-16-25(29-24-10-8-7-9-21(22)24)23-17-28-30(18(23)3)20-13-11-19(5-2)12-14-20/h7-14,16-17H,4-6,15H2,1-3H3,(H,27,31). The van der Waals surface area contributed by atoms with Crippen molar-refractivity contribution in [3.05, 3.63) is 77.6 Å². The number of benzene rings is 2. The first-order valence-electron chi connectivity index (χ1n) is 10.9. The summed E-state index contributed by atoms with van der Waals surface area (Å²) in [7, 11) is 0. The molecule has 1 amide bonds. The summed E-state index contributed by atoms with van der Waals surface area (Å²) in [5, 5.41) is 8.51. The summed E-state index contributed by atoms with van der Waals surface area (Å²) in [6, 6.07) is 18.1. The van der Waals surface area contributed by atoms with Crippen LogP contribution in [0.2, 0.25) is 0 Å². The summed E-state index contributed by atoms with van der Waals surface area (Å²) in [6.07, 6.45) is 4.84. The fourth-order valence-corrected chi connectivity index (χ4v) is 3.77. The number of nitrogens with zero attached hydrogens (tertiary/aromatic N) is 3. The number of unbranched alkanes of at least 4 members (excludes halogenated alkanes) is 1. The fraction of sp³-hybridized carbons (Fsp3) is 0.269. The Morgan fingerprint density at radius 1 is 1.06 bits per heavy atom. The smallest absolute Gasteiger partial charge is 0.252 e. The normalized spacial score (nSPS) is 11.1. The molecule has 2 heterocycles. The molecule has 158 valence electrons. The molecule has 0 aliphatic carbocycles. The number of nitrogens with one attached hydrogen (secondary N) is 1. The molecule has 0 fully saturated rings. The lowest BCUT2D eigenvalue weighted by Crippen LogP contribution is -2.24. The third-order valence-electron chi connectivity index (χ3n) is 5.65. The van der Waals surface area contributed by atoms with Crippen LogP contribution in [0.5, 0.6) is 0 Å². The van der Waals surface area contributed by atoms with Gasteiger partial charge in [0.05, 0.1) is 34.4 Å². The van der Waals surface area contributed by atoms with Gasteiger partial charge in [-0.15, -0.1) is 0 Å². The van der Waals surface area contributed by atoms with Crippen LogP contribution in [0.15, 0.2) is 60.8 Å². The maximum absolute atomic E-state index is 12.9. The van der Waals surface area contributed by atoms with Crippen LogP contribution in [0.3, 0.4) is 0 Å². The van der Waals surface area contributed by atoms with E-state index in [0.717, 1.165) is 52.8 Å². The number of hydrogen-bond donors (Lipinski definition) is 1. The van der Waals surface area contributed by atoms with Gasteiger partial charge in [-0.1, -0.05) is 50.6 Å². The summed E-state index contributed by atoms with van der Waals surface area (Å²) in [5.41, 5.74) is 6.43. The zero-order valence-electron chi connectivity index (χ0n) is 18.4. The molecule has 2 aromatic heterocycles. The third-order valence-corrected chi connectivity index (χ3v) is 5.65. The van der Waals surface area contributed by atoms with E-state index in [2.05, 4.69) is 48.5 Å². The van der Waals surface area contributed by atoms with Gasteiger partial charge in [-0.25, -0.2) is 9.67 Å². The molecule has 0 atom stereocenters. The van der Waals surface area contributed by atoms with Crippen molar-refractivity contribution in [2.75, 3.05) is 6.54 Å². The summed E-state index contributed by atoms with van der Waals surface area (Å²) >= 11 is 0. The van der Waals surface area contributed by atoms with E-state index in [1.807, 2.05) is 48.1 Å². The Balaban J connectivity index is 1.76. The number of hydrogen-bond acceptors (Lipinski definition) is 3. The fourth-order valence-electron chi connectivity index (χ4n) is 3.77. The lowest BCUT2D eigenvalue weighted by atomic mass is 10.0. The highest BCUT2D eigenvalue weighted by atomic mass is 16.1. The van der Waals surface area contributed by atoms with Crippen LogP contribution in [-0.4, -0.2) is 27.2 Å². The zero-order chi connectivity index (χ0) is 21.8. The van der Waals surface area contributed by atoms with Crippen molar-refractivity contribution in [1.29, 1.82) is 0 Å². The van der Waals surface area contributed by atoms with Gasteiger partial charge in [0.15, 0.2) is 0 Å². The lowest BCUT2D eigenvalue weighted by molar-refractivity contribution is 0.0955. The van der Waals surface area contributed by atoms with E-state index in [1.54, 1.807) is 0 Å². The van der Waals surface area contributed by atoms with Crippen LogP contribution in [0.1, 0.15) is 48.3 Å². The van der Waals surface area contributed by atoms with Crippen LogP contribution < -0.4 is 5.32 Å². The third kappa shape index (κ3) is 4.22. The Kier molecular flexibility index (Phi) is 6.12. The number of aryl methyl sites for hydroxylation is 1. The van der Waals surface area contributed by atoms with Gasteiger partial charge in [0, 0.05) is 17.5 Å². The summed E-state index contributed by atoms with van der Waals surface area (Å²) < 4.78 is 1.92. The highest BCUT2D eigenvalue weighted by Gasteiger charge is 2.17. The van der Waals surface area contributed by atoms with E-state index in [9.17, 15) is 4.79 Å². The number of carbonyl (C=O) groups is 1. The van der Waals surface area contributed by atoms with Crippen molar-refractivity contribution in [2.45, 2.75) is 40.0 Å². The molecule has 2 aromatic carbocycles. The monoisotopic (exact) mass is 412 g/mol. The molecule has 0 aliphatic heterocycles. The summed E-state index contributed by atoms with van der Waals surface area (Å²) in [6.45, 7) is 6.97. The summed E-state index contributed by atoms with van der Waals surface area (Å²) in [5.74, 6) is -0.0616. The maximum Gasteiger partial charge on any atom is 0.252 e. The molecule has 5 heteroatoms. The molecule has 0 unspecified atom stereocenters. The molecule has 0 aliphatic rings. The minimum atomic E-state index is -0.0616. The van der Waals surface area contributed by atoms with E-state index >= 15 is 0 Å². The van der Waals surface area contributed by atoms with Gasteiger partial charge in [0.1, 0.15) is 0 Å². The first-order chi connectivity index (χ1) is 15.1. The highest BCUT2D eigenvalue weighted by molar-refractivity contribution is 6.07. The van der Waals surface area contributed by atoms with Crippen molar-refractivity contribution in [3.8, 4) is 16.9 Å². The van der Waals surface area contributed by atoms with E-state index in [1.165, 1.54) is 5.56 Å². The molecule has 0 radical (unpaired) electrons. The lowest BCUT2D eigenvalue weighted by Gasteiger charge is -2.11. The van der Waals surface area contributed by atoms with Gasteiger partial charge in [-0.2, -0.15) is 5.10 Å². The molecule has 0 saturated heterocycles. The van der Waals surface area contributed by atoms with Crippen LogP contribution in [0.4, 0.5) is 0 Å². The number of pyridine rings is 1. The van der Waals surface area contributed by atoms with Gasteiger partial charge in [-0.05, 0) is 49.6 Å². The zero-order valence-corrected chi connectivity index (χ0v) is 18.4. The van der Waals surface area contributed by atoms with Crippen molar-refractivity contribution in [3.63, 3.8) is 0 Å². The predicted molar refractivity (Wildman–Crippen MR) is 126 cm³/mol. The van der Waals surface area contributed by atoms with Crippen molar-refractivity contribution < 1.29 is 4.79 Å². The van der Waals surface area contributed by atoms with Gasteiger partial charge in [0.25, 0.3) is 5.91 Å². The van der Waals surface area contributed by atoms with Gasteiger partial charge >= 0.3 is 0 Å². The van der Waals surface area contributed by atoms with E-state index < -0.39 is 0 Å². The quantitative estimate of drug-likeness (QED) is 0.408. The second kappa shape index (κ2) is 9.13. The maximum atomic E-state index is 12.9. The van der Waals surface area contributed by atoms with Crippen LogP contribution in [0, 0.1) is 6.92 Å². The number of fused-ring (bicyclic) bond motifs is 1. The average Bonchev–Trinajstić information content (AvgIpc) is 3.19. The van der Waals surface area contributed by atoms with Gasteiger partial charge in [-0.3, -0.25) is 4.79 Å². The Hall–Kier alpha value is -3.47. The van der Waals surface area contributed by atoms with Crippen LogP contribution in [-0.2, 0) is 6.42 Å². The number of amides is 1. The van der Waals surface area contributed by atoms with E-state index in [0.29, 0.717) is 12.1 Å². The first kappa shape index (κ1) is 20.8. The topological polar surface area (TPSA) is 59.8 Å². The second-order valence-electron chi connectivity index (χ2n) is 7.76. The Bertz CT molecular complexity index is 1210. The molecule has 0 bridgehead atoms. The Morgan fingerprint density at radius 2 is 1.84 bits per heavy atom. The number of para-hydroxylation sites is 1. The van der Waals surface area contributed by atoms with Crippen molar-refractivity contribution >= 4 is 16.8 Å². The van der Waals surface area contributed by atoms with Gasteiger partial charge in [0.2, 0.25) is 0 Å².